The van der Waals surface area contributed by atoms with Crippen LogP contribution in [0, 0.1) is 0 Å². The second-order valence-electron chi connectivity index (χ2n) is 6.18. The lowest BCUT2D eigenvalue weighted by Crippen LogP contribution is -2.56. The monoisotopic (exact) mass is 353 g/mol. The zero-order valence-corrected chi connectivity index (χ0v) is 15.6. The molecular weight excluding hydrogens is 326 g/mol. The first-order valence-electron chi connectivity index (χ1n) is 8.10. The normalized spacial score (nSPS) is 16.1. The van der Waals surface area contributed by atoms with Gasteiger partial charge < -0.3 is 15.4 Å². The minimum Gasteiger partial charge on any atom is -0.379 e. The summed E-state index contributed by atoms with van der Waals surface area (Å²) in [5.74, 6) is 0.999. The number of thioether (sulfide) groups is 1. The first-order chi connectivity index (χ1) is 11.1. The average Bonchev–Trinajstić information content (AvgIpc) is 2.59. The van der Waals surface area contributed by atoms with Crippen molar-refractivity contribution in [2.45, 2.75) is 24.3 Å². The first-order valence-corrected chi connectivity index (χ1v) is 9.50. The third-order valence-corrected chi connectivity index (χ3v) is 5.25. The lowest BCUT2D eigenvalue weighted by Gasteiger charge is -2.41. The summed E-state index contributed by atoms with van der Waals surface area (Å²) in [7, 11) is 0. The van der Waals surface area contributed by atoms with E-state index in [0.29, 0.717) is 0 Å². The van der Waals surface area contributed by atoms with Crippen molar-refractivity contribution in [1.82, 2.24) is 15.5 Å². The Morgan fingerprint density at radius 2 is 1.91 bits per heavy atom. The Hall–Kier alpha value is -0.820. The van der Waals surface area contributed by atoms with Crippen LogP contribution in [0.15, 0.2) is 35.2 Å². The van der Waals surface area contributed by atoms with E-state index in [2.05, 4.69) is 53.6 Å². The van der Waals surface area contributed by atoms with Crippen LogP contribution in [-0.4, -0.2) is 60.7 Å². The molecule has 1 heterocycles. The number of ether oxygens (including phenoxy) is 1. The van der Waals surface area contributed by atoms with E-state index < -0.39 is 0 Å². The van der Waals surface area contributed by atoms with Crippen LogP contribution >= 0.6 is 24.0 Å². The lowest BCUT2D eigenvalue weighted by molar-refractivity contribution is -0.00828. The van der Waals surface area contributed by atoms with Gasteiger partial charge in [0.1, 0.15) is 0 Å². The van der Waals surface area contributed by atoms with Gasteiger partial charge in [-0.25, -0.2) is 0 Å². The van der Waals surface area contributed by atoms with Crippen LogP contribution < -0.4 is 10.6 Å². The second-order valence-corrected chi connectivity index (χ2v) is 7.76. The van der Waals surface area contributed by atoms with E-state index in [4.69, 9.17) is 17.0 Å². The van der Waals surface area contributed by atoms with Gasteiger partial charge in [0, 0.05) is 42.4 Å². The molecule has 0 unspecified atom stereocenters. The van der Waals surface area contributed by atoms with Crippen molar-refractivity contribution in [3.05, 3.63) is 30.3 Å². The Labute approximate surface area is 149 Å². The van der Waals surface area contributed by atoms with Gasteiger partial charge in [0.15, 0.2) is 5.11 Å². The number of benzene rings is 1. The summed E-state index contributed by atoms with van der Waals surface area (Å²) in [4.78, 5) is 3.75. The summed E-state index contributed by atoms with van der Waals surface area (Å²) in [5.41, 5.74) is 0.0777. The second kappa shape index (κ2) is 9.47. The highest BCUT2D eigenvalue weighted by atomic mass is 32.2. The number of thiocarbonyl (C=S) groups is 1. The van der Waals surface area contributed by atoms with Crippen molar-refractivity contribution >= 4 is 29.1 Å². The summed E-state index contributed by atoms with van der Waals surface area (Å²) >= 11 is 7.22. The molecule has 1 aliphatic rings. The van der Waals surface area contributed by atoms with E-state index in [1.165, 1.54) is 4.90 Å². The molecular formula is C17H27N3OS2. The van der Waals surface area contributed by atoms with Gasteiger partial charge in [-0.3, -0.25) is 4.90 Å². The lowest BCUT2D eigenvalue weighted by atomic mass is 10.0. The van der Waals surface area contributed by atoms with E-state index in [-0.39, 0.29) is 5.54 Å². The number of hydrogen-bond donors (Lipinski definition) is 2. The van der Waals surface area contributed by atoms with Gasteiger partial charge in [0.2, 0.25) is 0 Å². The van der Waals surface area contributed by atoms with Gasteiger partial charge in [-0.15, -0.1) is 11.8 Å². The number of hydrogen-bond acceptors (Lipinski definition) is 4. The summed E-state index contributed by atoms with van der Waals surface area (Å²) < 4.78 is 5.42. The fourth-order valence-electron chi connectivity index (χ4n) is 2.49. The molecule has 0 amide bonds. The van der Waals surface area contributed by atoms with Crippen LogP contribution in [0.4, 0.5) is 0 Å². The third-order valence-electron chi connectivity index (χ3n) is 3.95. The maximum absolute atomic E-state index is 5.42. The molecule has 2 N–H and O–H groups in total. The summed E-state index contributed by atoms with van der Waals surface area (Å²) in [6, 6.07) is 10.4. The molecule has 1 saturated heterocycles. The molecule has 0 saturated carbocycles. The predicted octanol–water partition coefficient (Wildman–Crippen LogP) is 2.35. The topological polar surface area (TPSA) is 36.5 Å². The predicted molar refractivity (Wildman–Crippen MR) is 102 cm³/mol. The average molecular weight is 354 g/mol. The van der Waals surface area contributed by atoms with Crippen molar-refractivity contribution in [2.75, 3.05) is 45.1 Å². The summed E-state index contributed by atoms with van der Waals surface area (Å²) in [5, 5.41) is 7.37. The molecule has 1 aliphatic heterocycles. The molecule has 0 atom stereocenters. The van der Waals surface area contributed by atoms with Gasteiger partial charge in [-0.1, -0.05) is 18.2 Å². The Morgan fingerprint density at radius 1 is 1.22 bits per heavy atom. The molecule has 0 radical (unpaired) electrons. The van der Waals surface area contributed by atoms with Crippen molar-refractivity contribution in [2.24, 2.45) is 0 Å². The highest BCUT2D eigenvalue weighted by Gasteiger charge is 2.28. The molecule has 0 aromatic heterocycles. The van der Waals surface area contributed by atoms with Crippen molar-refractivity contribution in [1.29, 1.82) is 0 Å². The number of nitrogens with one attached hydrogen (secondary N) is 2. The molecule has 1 fully saturated rings. The smallest absolute Gasteiger partial charge is 0.166 e. The van der Waals surface area contributed by atoms with E-state index in [1.54, 1.807) is 0 Å². The minimum atomic E-state index is 0.0777. The molecule has 4 nitrogen and oxygen atoms in total. The van der Waals surface area contributed by atoms with Crippen molar-refractivity contribution < 1.29 is 4.74 Å². The number of nitrogens with zero attached hydrogens (tertiary/aromatic N) is 1. The highest BCUT2D eigenvalue weighted by molar-refractivity contribution is 7.99. The van der Waals surface area contributed by atoms with Crippen LogP contribution in [0.3, 0.4) is 0 Å². The quantitative estimate of drug-likeness (QED) is 0.445. The molecule has 128 valence electrons. The largest absolute Gasteiger partial charge is 0.379 e. The Balaban J connectivity index is 1.60. The fourth-order valence-corrected chi connectivity index (χ4v) is 3.45. The van der Waals surface area contributed by atoms with E-state index in [0.717, 1.165) is 50.3 Å². The third kappa shape index (κ3) is 6.67. The molecule has 0 aliphatic carbocycles. The Morgan fingerprint density at radius 3 is 2.61 bits per heavy atom. The molecule has 0 bridgehead atoms. The van der Waals surface area contributed by atoms with Crippen LogP contribution in [-0.2, 0) is 4.74 Å². The van der Waals surface area contributed by atoms with Gasteiger partial charge in [0.25, 0.3) is 0 Å². The highest BCUT2D eigenvalue weighted by Crippen LogP contribution is 2.16. The molecule has 1 aromatic carbocycles. The fraction of sp³-hybridized carbons (Fsp3) is 0.588. The molecule has 23 heavy (non-hydrogen) atoms. The van der Waals surface area contributed by atoms with E-state index in [9.17, 15) is 0 Å². The van der Waals surface area contributed by atoms with Crippen LogP contribution in [0.1, 0.15) is 13.8 Å². The molecule has 2 rings (SSSR count). The number of morpholine rings is 1. The maximum atomic E-state index is 5.42. The number of rotatable bonds is 7. The van der Waals surface area contributed by atoms with Gasteiger partial charge in [0.05, 0.1) is 13.2 Å². The minimum absolute atomic E-state index is 0.0777. The molecule has 6 heteroatoms. The molecule has 1 aromatic rings. The van der Waals surface area contributed by atoms with Gasteiger partial charge in [-0.2, -0.15) is 0 Å². The van der Waals surface area contributed by atoms with Crippen LogP contribution in [0.25, 0.3) is 0 Å². The van der Waals surface area contributed by atoms with E-state index >= 15 is 0 Å². The van der Waals surface area contributed by atoms with Crippen molar-refractivity contribution in [3.8, 4) is 0 Å². The Bertz CT molecular complexity index is 476. The van der Waals surface area contributed by atoms with Crippen molar-refractivity contribution in [3.63, 3.8) is 0 Å². The van der Waals surface area contributed by atoms with E-state index in [1.807, 2.05) is 17.8 Å². The maximum Gasteiger partial charge on any atom is 0.166 e. The first kappa shape index (κ1) is 18.5. The van der Waals surface area contributed by atoms with Crippen LogP contribution in [0.5, 0.6) is 0 Å². The SMILES string of the molecule is CC(C)(CNC(=S)NCCSc1ccccc1)N1CCOCC1. The molecule has 0 spiro atoms. The zero-order valence-electron chi connectivity index (χ0n) is 14.0. The standard InChI is InChI=1S/C17H27N3OS2/c1-17(2,20-9-11-21-12-10-20)14-19-16(22)18-8-13-23-15-6-4-3-5-7-15/h3-7H,8-14H2,1-2H3,(H2,18,19,22). The van der Waals surface area contributed by atoms with Gasteiger partial charge >= 0.3 is 0 Å². The summed E-state index contributed by atoms with van der Waals surface area (Å²) in [6.07, 6.45) is 0. The Kier molecular flexibility index (Phi) is 7.62. The van der Waals surface area contributed by atoms with Crippen LogP contribution in [0.2, 0.25) is 0 Å². The zero-order chi connectivity index (χ0) is 16.5. The summed E-state index contributed by atoms with van der Waals surface area (Å²) in [6.45, 7) is 9.82. The van der Waals surface area contributed by atoms with Gasteiger partial charge in [-0.05, 0) is 38.2 Å².